The van der Waals surface area contributed by atoms with Gasteiger partial charge in [-0.25, -0.2) is 9.50 Å². The minimum absolute atomic E-state index is 0.121. The topological polar surface area (TPSA) is 132 Å². The molecule has 5 atom stereocenters. The Kier molecular flexibility index (Phi) is 5.69. The second-order valence-electron chi connectivity index (χ2n) is 8.68. The molecular formula is C21H30N4O5. The predicted molar refractivity (Wildman–Crippen MR) is 108 cm³/mol. The Bertz CT molecular complexity index is 912. The quantitative estimate of drug-likeness (QED) is 0.621. The van der Waals surface area contributed by atoms with Crippen LogP contribution in [0, 0.1) is 11.8 Å². The predicted octanol–water partition coefficient (Wildman–Crippen LogP) is 1.41. The van der Waals surface area contributed by atoms with E-state index in [2.05, 4.69) is 10.1 Å². The molecule has 164 valence electrons. The standard InChI is InChI=1S/C21H30N4O5/c1-12(13-6-4-3-5-7-13)20(28)29-10-15-17(26)18(27)21(2,30-15)16-9-8-14-19(22)23-11-24-25(14)16/h8-9,11-13,15,17-18,26-27H,3-7,10H2,1-2H3,(H2,22,23,24)/t12-,15+,17+,18+,21-/m0/s1. The van der Waals surface area contributed by atoms with Gasteiger partial charge in [0.2, 0.25) is 0 Å². The molecule has 1 saturated carbocycles. The van der Waals surface area contributed by atoms with Gasteiger partial charge in [-0.1, -0.05) is 26.2 Å². The van der Waals surface area contributed by atoms with E-state index >= 15 is 0 Å². The van der Waals surface area contributed by atoms with Gasteiger partial charge in [-0.3, -0.25) is 4.79 Å². The summed E-state index contributed by atoms with van der Waals surface area (Å²) in [4.78, 5) is 16.5. The molecule has 0 bridgehead atoms. The second-order valence-corrected chi connectivity index (χ2v) is 8.68. The first kappa shape index (κ1) is 21.0. The molecule has 1 saturated heterocycles. The molecule has 0 spiro atoms. The minimum atomic E-state index is -1.25. The summed E-state index contributed by atoms with van der Waals surface area (Å²) < 4.78 is 13.1. The molecule has 0 unspecified atom stereocenters. The number of anilines is 1. The molecule has 1 aliphatic heterocycles. The first-order valence-electron chi connectivity index (χ1n) is 10.6. The molecule has 4 N–H and O–H groups in total. The van der Waals surface area contributed by atoms with E-state index in [4.69, 9.17) is 15.2 Å². The molecule has 2 aromatic heterocycles. The highest BCUT2D eigenvalue weighted by molar-refractivity contribution is 5.72. The van der Waals surface area contributed by atoms with Crippen LogP contribution >= 0.6 is 0 Å². The first-order valence-corrected chi connectivity index (χ1v) is 10.6. The van der Waals surface area contributed by atoms with Crippen LogP contribution in [0.25, 0.3) is 5.52 Å². The average Bonchev–Trinajstić information content (AvgIpc) is 3.29. The van der Waals surface area contributed by atoms with Crippen molar-refractivity contribution < 1.29 is 24.5 Å². The van der Waals surface area contributed by atoms with E-state index in [1.165, 1.54) is 17.3 Å². The number of carbonyl (C=O) groups is 1. The molecule has 2 aromatic rings. The van der Waals surface area contributed by atoms with Crippen molar-refractivity contribution in [3.63, 3.8) is 0 Å². The maximum absolute atomic E-state index is 12.5. The highest BCUT2D eigenvalue weighted by Gasteiger charge is 2.54. The summed E-state index contributed by atoms with van der Waals surface area (Å²) >= 11 is 0. The van der Waals surface area contributed by atoms with Gasteiger partial charge in [-0.05, 0) is 37.8 Å². The van der Waals surface area contributed by atoms with Crippen LogP contribution in [0.5, 0.6) is 0 Å². The SMILES string of the molecule is C[C@H](C(=O)OC[C@H]1O[C@@](C)(c2ccc3c(N)ncnn23)[C@H](O)[C@@H]1O)C1CCCCC1. The fraction of sp³-hybridized carbons (Fsp3) is 0.667. The van der Waals surface area contributed by atoms with Crippen LogP contribution in [0.4, 0.5) is 5.82 Å². The largest absolute Gasteiger partial charge is 0.463 e. The van der Waals surface area contributed by atoms with Crippen molar-refractivity contribution in [3.8, 4) is 0 Å². The normalized spacial score (nSPS) is 31.1. The van der Waals surface area contributed by atoms with Crippen LogP contribution in [0.3, 0.4) is 0 Å². The summed E-state index contributed by atoms with van der Waals surface area (Å²) in [5.41, 5.74) is 5.75. The van der Waals surface area contributed by atoms with Crippen molar-refractivity contribution in [1.29, 1.82) is 0 Å². The monoisotopic (exact) mass is 418 g/mol. The van der Waals surface area contributed by atoms with Crippen LogP contribution in [-0.2, 0) is 19.9 Å². The number of nitrogens with two attached hydrogens (primary N) is 1. The Labute approximate surface area is 175 Å². The van der Waals surface area contributed by atoms with Gasteiger partial charge in [-0.2, -0.15) is 5.10 Å². The smallest absolute Gasteiger partial charge is 0.309 e. The number of carbonyl (C=O) groups excluding carboxylic acids is 1. The molecule has 9 heteroatoms. The zero-order valence-corrected chi connectivity index (χ0v) is 17.4. The molecule has 30 heavy (non-hydrogen) atoms. The number of fused-ring (bicyclic) bond motifs is 1. The summed E-state index contributed by atoms with van der Waals surface area (Å²) in [6, 6.07) is 3.47. The van der Waals surface area contributed by atoms with E-state index in [-0.39, 0.29) is 18.5 Å². The lowest BCUT2D eigenvalue weighted by molar-refractivity contribution is -0.158. The molecule has 0 radical (unpaired) electrons. The summed E-state index contributed by atoms with van der Waals surface area (Å²) in [5, 5.41) is 25.5. The number of aliphatic hydroxyl groups excluding tert-OH is 2. The van der Waals surface area contributed by atoms with Crippen LogP contribution in [0.1, 0.15) is 51.6 Å². The minimum Gasteiger partial charge on any atom is -0.463 e. The van der Waals surface area contributed by atoms with E-state index in [0.717, 1.165) is 25.7 Å². The molecule has 2 fully saturated rings. The highest BCUT2D eigenvalue weighted by atomic mass is 16.6. The number of nitrogen functional groups attached to an aromatic ring is 1. The maximum Gasteiger partial charge on any atom is 0.309 e. The average molecular weight is 418 g/mol. The number of aliphatic hydroxyl groups is 2. The Morgan fingerprint density at radius 1 is 1.37 bits per heavy atom. The third-order valence-electron chi connectivity index (χ3n) is 6.77. The van der Waals surface area contributed by atoms with Gasteiger partial charge in [-0.15, -0.1) is 0 Å². The molecule has 1 aliphatic carbocycles. The van der Waals surface area contributed by atoms with E-state index in [9.17, 15) is 15.0 Å². The molecule has 9 nitrogen and oxygen atoms in total. The lowest BCUT2D eigenvalue weighted by Crippen LogP contribution is -2.39. The summed E-state index contributed by atoms with van der Waals surface area (Å²) in [6.45, 7) is 3.46. The molecule has 2 aliphatic rings. The summed E-state index contributed by atoms with van der Waals surface area (Å²) in [5.74, 6) is 0.174. The third kappa shape index (κ3) is 3.55. The zero-order chi connectivity index (χ0) is 21.5. The second kappa shape index (κ2) is 8.13. The molecule has 0 amide bonds. The number of aromatic nitrogens is 3. The molecule has 4 rings (SSSR count). The van der Waals surface area contributed by atoms with E-state index in [1.807, 2.05) is 6.92 Å². The number of nitrogens with zero attached hydrogens (tertiary/aromatic N) is 3. The van der Waals surface area contributed by atoms with Crippen molar-refractivity contribution in [2.45, 2.75) is 69.9 Å². The third-order valence-corrected chi connectivity index (χ3v) is 6.77. The van der Waals surface area contributed by atoms with Crippen LogP contribution in [-0.4, -0.2) is 55.7 Å². The number of esters is 1. The Morgan fingerprint density at radius 3 is 2.83 bits per heavy atom. The Hall–Kier alpha value is -2.23. The first-order chi connectivity index (χ1) is 14.3. The van der Waals surface area contributed by atoms with Crippen LogP contribution in [0.2, 0.25) is 0 Å². The molecule has 0 aromatic carbocycles. The van der Waals surface area contributed by atoms with Crippen LogP contribution in [0.15, 0.2) is 18.5 Å². The fourth-order valence-electron chi connectivity index (χ4n) is 4.78. The zero-order valence-electron chi connectivity index (χ0n) is 17.4. The molecular weight excluding hydrogens is 388 g/mol. The van der Waals surface area contributed by atoms with Crippen LogP contribution < -0.4 is 5.73 Å². The highest BCUT2D eigenvalue weighted by Crippen LogP contribution is 2.40. The number of ether oxygens (including phenoxy) is 2. The maximum atomic E-state index is 12.5. The Morgan fingerprint density at radius 2 is 2.10 bits per heavy atom. The van der Waals surface area contributed by atoms with E-state index in [0.29, 0.717) is 22.9 Å². The van der Waals surface area contributed by atoms with Gasteiger partial charge in [0, 0.05) is 0 Å². The van der Waals surface area contributed by atoms with Crippen molar-refractivity contribution in [2.24, 2.45) is 11.8 Å². The van der Waals surface area contributed by atoms with Crippen molar-refractivity contribution in [2.75, 3.05) is 12.3 Å². The number of hydrogen-bond acceptors (Lipinski definition) is 8. The summed E-state index contributed by atoms with van der Waals surface area (Å²) in [6.07, 6.45) is 3.64. The van der Waals surface area contributed by atoms with Crippen molar-refractivity contribution in [1.82, 2.24) is 14.6 Å². The fourth-order valence-corrected chi connectivity index (χ4v) is 4.78. The van der Waals surface area contributed by atoms with E-state index < -0.39 is 23.9 Å². The van der Waals surface area contributed by atoms with Gasteiger partial charge in [0.1, 0.15) is 42.4 Å². The van der Waals surface area contributed by atoms with Gasteiger partial charge in [0.05, 0.1) is 11.6 Å². The lowest BCUT2D eigenvalue weighted by Gasteiger charge is -2.28. The molecule has 3 heterocycles. The number of hydrogen-bond donors (Lipinski definition) is 3. The van der Waals surface area contributed by atoms with Gasteiger partial charge in [0.25, 0.3) is 0 Å². The van der Waals surface area contributed by atoms with Gasteiger partial charge < -0.3 is 25.4 Å². The van der Waals surface area contributed by atoms with Crippen molar-refractivity contribution >= 4 is 17.3 Å². The van der Waals surface area contributed by atoms with Gasteiger partial charge >= 0.3 is 5.97 Å². The number of rotatable bonds is 5. The van der Waals surface area contributed by atoms with Gasteiger partial charge in [0.15, 0.2) is 5.82 Å². The lowest BCUT2D eigenvalue weighted by atomic mass is 9.81. The van der Waals surface area contributed by atoms with Crippen molar-refractivity contribution in [3.05, 3.63) is 24.2 Å². The summed E-state index contributed by atoms with van der Waals surface area (Å²) in [7, 11) is 0. The Balaban J connectivity index is 1.46. The van der Waals surface area contributed by atoms with E-state index in [1.54, 1.807) is 19.1 Å².